The SMILES string of the molecule is CC1(C)c2ccccc2-c2ccc(N(c3ccc4cccc5c4c3-c3ccc(-c4ccc6ccccc6c4)cc3C5(C)C)c3cccc4ccccc34)cc21. The van der Waals surface area contributed by atoms with Crippen LogP contribution >= 0.6 is 0 Å². The summed E-state index contributed by atoms with van der Waals surface area (Å²) < 4.78 is 0. The molecule has 9 aromatic rings. The molecule has 0 amide bonds. The third-order valence-corrected chi connectivity index (χ3v) is 12.8. The highest BCUT2D eigenvalue weighted by molar-refractivity contribution is 6.12. The zero-order valence-electron chi connectivity index (χ0n) is 31.7. The maximum absolute atomic E-state index is 2.55. The highest BCUT2D eigenvalue weighted by atomic mass is 15.1. The normalized spacial score (nSPS) is 14.5. The van der Waals surface area contributed by atoms with Gasteiger partial charge < -0.3 is 4.90 Å². The Balaban J connectivity index is 1.20. The summed E-state index contributed by atoms with van der Waals surface area (Å²) in [6.07, 6.45) is 0. The van der Waals surface area contributed by atoms with Gasteiger partial charge in [0.15, 0.2) is 0 Å². The zero-order valence-corrected chi connectivity index (χ0v) is 31.7. The van der Waals surface area contributed by atoms with Gasteiger partial charge in [-0.05, 0) is 113 Å². The Labute approximate surface area is 323 Å². The smallest absolute Gasteiger partial charge is 0.0546 e. The predicted octanol–water partition coefficient (Wildman–Crippen LogP) is 14.9. The van der Waals surface area contributed by atoms with E-state index in [2.05, 4.69) is 209 Å². The second kappa shape index (κ2) is 11.5. The monoisotopic (exact) mass is 703 g/mol. The molecule has 2 aliphatic rings. The van der Waals surface area contributed by atoms with Crippen molar-refractivity contribution in [2.24, 2.45) is 0 Å². The van der Waals surface area contributed by atoms with Crippen LogP contribution in [0, 0.1) is 0 Å². The summed E-state index contributed by atoms with van der Waals surface area (Å²) in [6, 6.07) is 66.0. The van der Waals surface area contributed by atoms with Gasteiger partial charge in [0, 0.05) is 27.5 Å². The molecular weight excluding hydrogens is 663 g/mol. The lowest BCUT2D eigenvalue weighted by Crippen LogP contribution is -2.25. The molecule has 1 nitrogen and oxygen atoms in total. The van der Waals surface area contributed by atoms with Crippen LogP contribution in [0.4, 0.5) is 17.1 Å². The summed E-state index contributed by atoms with van der Waals surface area (Å²) >= 11 is 0. The van der Waals surface area contributed by atoms with E-state index in [1.165, 1.54) is 105 Å². The first-order chi connectivity index (χ1) is 26.8. The molecule has 0 aliphatic heterocycles. The lowest BCUT2D eigenvalue weighted by Gasteiger charge is -2.38. The second-order valence-electron chi connectivity index (χ2n) is 16.5. The van der Waals surface area contributed by atoms with E-state index in [0.29, 0.717) is 0 Å². The molecule has 1 heteroatoms. The van der Waals surface area contributed by atoms with Crippen molar-refractivity contribution in [1.82, 2.24) is 0 Å². The summed E-state index contributed by atoms with van der Waals surface area (Å²) in [5.74, 6) is 0. The highest BCUT2D eigenvalue weighted by Gasteiger charge is 2.38. The van der Waals surface area contributed by atoms with Crippen molar-refractivity contribution in [3.05, 3.63) is 198 Å². The molecule has 0 saturated heterocycles. The fraction of sp³-hybridized carbons (Fsp3) is 0.111. The van der Waals surface area contributed by atoms with Crippen molar-refractivity contribution in [3.63, 3.8) is 0 Å². The van der Waals surface area contributed by atoms with Crippen LogP contribution in [0.15, 0.2) is 176 Å². The van der Waals surface area contributed by atoms with Crippen molar-refractivity contribution < 1.29 is 0 Å². The third kappa shape index (κ3) is 4.60. The van der Waals surface area contributed by atoms with Crippen LogP contribution in [-0.2, 0) is 10.8 Å². The van der Waals surface area contributed by atoms with E-state index in [1.54, 1.807) is 0 Å². The van der Waals surface area contributed by atoms with E-state index in [-0.39, 0.29) is 10.8 Å². The molecule has 0 bridgehead atoms. The lowest BCUT2D eigenvalue weighted by molar-refractivity contribution is 0.645. The summed E-state index contributed by atoms with van der Waals surface area (Å²) in [5, 5.41) is 7.61. The number of benzene rings is 9. The van der Waals surface area contributed by atoms with E-state index in [1.807, 2.05) is 0 Å². The van der Waals surface area contributed by atoms with Crippen LogP contribution in [0.3, 0.4) is 0 Å². The maximum Gasteiger partial charge on any atom is 0.0546 e. The average molecular weight is 704 g/mol. The van der Waals surface area contributed by atoms with E-state index < -0.39 is 0 Å². The molecule has 262 valence electrons. The molecule has 0 unspecified atom stereocenters. The number of hydrogen-bond donors (Lipinski definition) is 0. The summed E-state index contributed by atoms with van der Waals surface area (Å²) in [6.45, 7) is 9.56. The van der Waals surface area contributed by atoms with Gasteiger partial charge in [-0.1, -0.05) is 167 Å². The zero-order chi connectivity index (χ0) is 37.1. The Morgan fingerprint density at radius 3 is 1.85 bits per heavy atom. The number of hydrogen-bond acceptors (Lipinski definition) is 1. The summed E-state index contributed by atoms with van der Waals surface area (Å²) in [5.41, 5.74) is 16.5. The first kappa shape index (κ1) is 32.0. The minimum atomic E-state index is -0.207. The molecular formula is C54H41N. The molecule has 0 fully saturated rings. The molecule has 11 rings (SSSR count). The van der Waals surface area contributed by atoms with Crippen LogP contribution in [0.1, 0.15) is 49.9 Å². The fourth-order valence-corrected chi connectivity index (χ4v) is 9.96. The van der Waals surface area contributed by atoms with Crippen molar-refractivity contribution in [2.45, 2.75) is 38.5 Å². The van der Waals surface area contributed by atoms with Gasteiger partial charge in [-0.25, -0.2) is 0 Å². The van der Waals surface area contributed by atoms with Gasteiger partial charge in [-0.3, -0.25) is 0 Å². The standard InChI is InChI=1S/C54H41N/c1-53(2)45-20-10-9-19-42(45)43-29-27-40(33-48(43)53)55(49-22-12-16-35-14-7-8-18-41(35)49)50-30-26-36-17-11-21-46-51(36)52(50)44-28-25-39(32-47(44)54(46,3)4)38-24-23-34-13-5-6-15-37(34)31-38/h5-33H,1-4H3. The van der Waals surface area contributed by atoms with Gasteiger partial charge in [0.2, 0.25) is 0 Å². The van der Waals surface area contributed by atoms with Gasteiger partial charge >= 0.3 is 0 Å². The highest BCUT2D eigenvalue weighted by Crippen LogP contribution is 2.56. The number of fused-ring (bicyclic) bond motifs is 7. The van der Waals surface area contributed by atoms with Crippen molar-refractivity contribution >= 4 is 49.4 Å². The van der Waals surface area contributed by atoms with E-state index in [9.17, 15) is 0 Å². The Morgan fingerprint density at radius 1 is 0.364 bits per heavy atom. The topological polar surface area (TPSA) is 3.24 Å². The van der Waals surface area contributed by atoms with Crippen LogP contribution in [0.25, 0.3) is 65.7 Å². The molecule has 0 N–H and O–H groups in total. The quantitative estimate of drug-likeness (QED) is 0.176. The fourth-order valence-electron chi connectivity index (χ4n) is 9.96. The molecule has 55 heavy (non-hydrogen) atoms. The largest absolute Gasteiger partial charge is 0.309 e. The van der Waals surface area contributed by atoms with Crippen LogP contribution in [0.5, 0.6) is 0 Å². The Bertz CT molecular complexity index is 3050. The molecule has 0 aromatic heterocycles. The van der Waals surface area contributed by atoms with Crippen molar-refractivity contribution in [1.29, 1.82) is 0 Å². The van der Waals surface area contributed by atoms with E-state index in [4.69, 9.17) is 0 Å². The first-order valence-corrected chi connectivity index (χ1v) is 19.5. The van der Waals surface area contributed by atoms with Gasteiger partial charge in [-0.15, -0.1) is 0 Å². The summed E-state index contributed by atoms with van der Waals surface area (Å²) in [7, 11) is 0. The van der Waals surface area contributed by atoms with Crippen LogP contribution in [-0.4, -0.2) is 0 Å². The average Bonchev–Trinajstić information content (AvgIpc) is 3.45. The Hall–Kier alpha value is -6.44. The lowest BCUT2D eigenvalue weighted by atomic mass is 9.67. The molecule has 0 heterocycles. The van der Waals surface area contributed by atoms with Crippen LogP contribution < -0.4 is 4.90 Å². The predicted molar refractivity (Wildman–Crippen MR) is 234 cm³/mol. The number of rotatable bonds is 4. The van der Waals surface area contributed by atoms with E-state index >= 15 is 0 Å². The van der Waals surface area contributed by atoms with Crippen molar-refractivity contribution in [2.75, 3.05) is 4.90 Å². The number of nitrogens with zero attached hydrogens (tertiary/aromatic N) is 1. The summed E-state index contributed by atoms with van der Waals surface area (Å²) in [4.78, 5) is 2.55. The van der Waals surface area contributed by atoms with Gasteiger partial charge in [0.1, 0.15) is 0 Å². The number of anilines is 3. The molecule has 0 radical (unpaired) electrons. The van der Waals surface area contributed by atoms with Gasteiger partial charge in [-0.2, -0.15) is 0 Å². The Morgan fingerprint density at radius 2 is 0.964 bits per heavy atom. The molecule has 0 atom stereocenters. The van der Waals surface area contributed by atoms with E-state index in [0.717, 1.165) is 0 Å². The second-order valence-corrected chi connectivity index (χ2v) is 16.5. The van der Waals surface area contributed by atoms with Crippen LogP contribution in [0.2, 0.25) is 0 Å². The first-order valence-electron chi connectivity index (χ1n) is 19.5. The molecule has 9 aromatic carbocycles. The van der Waals surface area contributed by atoms with Gasteiger partial charge in [0.25, 0.3) is 0 Å². The van der Waals surface area contributed by atoms with Crippen molar-refractivity contribution in [3.8, 4) is 33.4 Å². The molecule has 0 saturated carbocycles. The third-order valence-electron chi connectivity index (χ3n) is 12.8. The molecule has 2 aliphatic carbocycles. The minimum absolute atomic E-state index is 0.118. The molecule has 0 spiro atoms. The Kier molecular flexibility index (Phi) is 6.72. The van der Waals surface area contributed by atoms with Gasteiger partial charge in [0.05, 0.1) is 11.4 Å². The maximum atomic E-state index is 2.55. The minimum Gasteiger partial charge on any atom is -0.309 e.